The number of esters is 1. The maximum atomic E-state index is 13.5. The maximum absolute atomic E-state index is 13.5. The molecule has 8 nitrogen and oxygen atoms in total. The Labute approximate surface area is 195 Å². The lowest BCUT2D eigenvalue weighted by Crippen LogP contribution is -2.41. The lowest BCUT2D eigenvalue weighted by molar-refractivity contribution is -0.140. The van der Waals surface area contributed by atoms with Gasteiger partial charge in [0, 0.05) is 31.7 Å². The number of hydrogen-bond acceptors (Lipinski definition) is 6. The second kappa shape index (κ2) is 11.4. The largest absolute Gasteiger partial charge is 0.469 e. The molecule has 0 spiro atoms. The third-order valence-electron chi connectivity index (χ3n) is 5.60. The molecule has 0 bridgehead atoms. The van der Waals surface area contributed by atoms with Gasteiger partial charge in [-0.15, -0.1) is 0 Å². The van der Waals surface area contributed by atoms with Crippen molar-refractivity contribution in [2.45, 2.75) is 31.2 Å². The van der Waals surface area contributed by atoms with Crippen molar-refractivity contribution in [2.24, 2.45) is 0 Å². The zero-order valence-electron chi connectivity index (χ0n) is 19.0. The quantitative estimate of drug-likeness (QED) is 0.519. The molecule has 0 aliphatic carbocycles. The van der Waals surface area contributed by atoms with Crippen LogP contribution in [0.3, 0.4) is 0 Å². The topological polar surface area (TPSA) is 93.2 Å². The predicted molar refractivity (Wildman–Crippen MR) is 123 cm³/mol. The van der Waals surface area contributed by atoms with Gasteiger partial charge in [0.05, 0.1) is 31.6 Å². The molecule has 0 atom stereocenters. The fourth-order valence-electron chi connectivity index (χ4n) is 3.71. The number of sulfonamides is 1. The van der Waals surface area contributed by atoms with E-state index in [9.17, 15) is 18.0 Å². The predicted octanol–water partition coefficient (Wildman–Crippen LogP) is 2.48. The van der Waals surface area contributed by atoms with Gasteiger partial charge in [0.1, 0.15) is 0 Å². The van der Waals surface area contributed by atoms with Gasteiger partial charge in [-0.3, -0.25) is 9.59 Å². The summed E-state index contributed by atoms with van der Waals surface area (Å²) >= 11 is 0. The fraction of sp³-hybridized carbons (Fsp3) is 0.417. The molecule has 1 saturated heterocycles. The summed E-state index contributed by atoms with van der Waals surface area (Å²) in [5, 5.41) is 0. The van der Waals surface area contributed by atoms with Crippen molar-refractivity contribution in [1.82, 2.24) is 9.21 Å². The van der Waals surface area contributed by atoms with E-state index in [1.54, 1.807) is 17.0 Å². The first-order valence-corrected chi connectivity index (χ1v) is 12.4. The van der Waals surface area contributed by atoms with Gasteiger partial charge in [-0.25, -0.2) is 8.42 Å². The summed E-state index contributed by atoms with van der Waals surface area (Å²) in [6.45, 7) is 3.58. The van der Waals surface area contributed by atoms with E-state index in [0.29, 0.717) is 25.2 Å². The highest BCUT2D eigenvalue weighted by atomic mass is 32.2. The first kappa shape index (κ1) is 24.9. The highest BCUT2D eigenvalue weighted by Gasteiger charge is 2.29. The van der Waals surface area contributed by atoms with Crippen LogP contribution in [0.2, 0.25) is 0 Å². The summed E-state index contributed by atoms with van der Waals surface area (Å²) in [6, 6.07) is 14.2. The van der Waals surface area contributed by atoms with E-state index in [4.69, 9.17) is 9.47 Å². The number of methoxy groups -OCH3 is 1. The second-order valence-electron chi connectivity index (χ2n) is 7.73. The zero-order chi connectivity index (χ0) is 23.8. The molecule has 33 heavy (non-hydrogen) atoms. The summed E-state index contributed by atoms with van der Waals surface area (Å²) in [5.74, 6) is -0.762. The van der Waals surface area contributed by atoms with Crippen LogP contribution in [0.1, 0.15) is 34.8 Å². The average Bonchev–Trinajstić information content (AvgIpc) is 2.86. The van der Waals surface area contributed by atoms with Gasteiger partial charge in [-0.05, 0) is 29.7 Å². The number of carbonyl (C=O) groups excluding carboxylic acids is 2. The van der Waals surface area contributed by atoms with Crippen LogP contribution in [0.25, 0.3) is 0 Å². The highest BCUT2D eigenvalue weighted by molar-refractivity contribution is 7.89. The molecule has 0 aromatic heterocycles. The molecule has 1 amide bonds. The summed E-state index contributed by atoms with van der Waals surface area (Å²) in [5.41, 5.74) is 1.82. The van der Waals surface area contributed by atoms with Gasteiger partial charge in [0.15, 0.2) is 0 Å². The van der Waals surface area contributed by atoms with Crippen molar-refractivity contribution >= 4 is 21.9 Å². The van der Waals surface area contributed by atoms with Gasteiger partial charge in [-0.2, -0.15) is 4.31 Å². The van der Waals surface area contributed by atoms with Crippen LogP contribution in [0, 0.1) is 0 Å². The van der Waals surface area contributed by atoms with Gasteiger partial charge >= 0.3 is 5.97 Å². The molecule has 2 aromatic carbocycles. The number of nitrogens with zero attached hydrogens (tertiary/aromatic N) is 2. The third-order valence-corrected chi connectivity index (χ3v) is 7.58. The second-order valence-corrected chi connectivity index (χ2v) is 9.64. The third kappa shape index (κ3) is 6.19. The number of aryl methyl sites for hydroxylation is 1. The Morgan fingerprint density at radius 2 is 1.79 bits per heavy atom. The Hall–Kier alpha value is -2.75. The molecular formula is C24H30N2O6S. The highest BCUT2D eigenvalue weighted by Crippen LogP contribution is 2.24. The average molecular weight is 475 g/mol. The first-order valence-electron chi connectivity index (χ1n) is 11.0. The first-order chi connectivity index (χ1) is 15.9. The van der Waals surface area contributed by atoms with E-state index in [0.717, 1.165) is 5.56 Å². The zero-order valence-corrected chi connectivity index (χ0v) is 19.8. The van der Waals surface area contributed by atoms with Crippen LogP contribution < -0.4 is 0 Å². The van der Waals surface area contributed by atoms with Gasteiger partial charge in [0.25, 0.3) is 5.91 Å². The molecule has 178 valence electrons. The van der Waals surface area contributed by atoms with Crippen molar-refractivity contribution in [1.29, 1.82) is 0 Å². The molecule has 0 radical (unpaired) electrons. The van der Waals surface area contributed by atoms with E-state index in [1.165, 1.54) is 17.5 Å². The Balaban J connectivity index is 1.93. The minimum Gasteiger partial charge on any atom is -0.469 e. The Morgan fingerprint density at radius 3 is 2.42 bits per heavy atom. The lowest BCUT2D eigenvalue weighted by Gasteiger charge is -2.27. The Bertz CT molecular complexity index is 1070. The molecule has 0 saturated carbocycles. The normalized spacial score (nSPS) is 14.6. The number of amides is 1. The van der Waals surface area contributed by atoms with E-state index in [2.05, 4.69) is 0 Å². The molecule has 0 N–H and O–H groups in total. The lowest BCUT2D eigenvalue weighted by atomic mass is 10.1. The van der Waals surface area contributed by atoms with Gasteiger partial charge < -0.3 is 14.4 Å². The van der Waals surface area contributed by atoms with Crippen molar-refractivity contribution in [3.8, 4) is 0 Å². The molecule has 0 unspecified atom stereocenters. The number of hydrogen-bond donors (Lipinski definition) is 0. The van der Waals surface area contributed by atoms with Crippen LogP contribution in [0.5, 0.6) is 0 Å². The number of rotatable bonds is 9. The molecule has 1 heterocycles. The van der Waals surface area contributed by atoms with E-state index < -0.39 is 16.0 Å². The van der Waals surface area contributed by atoms with E-state index in [-0.39, 0.29) is 49.0 Å². The Kier molecular flexibility index (Phi) is 8.60. The van der Waals surface area contributed by atoms with Crippen molar-refractivity contribution < 1.29 is 27.5 Å². The minimum atomic E-state index is -3.77. The SMILES string of the molecule is CCc1ccc(C(=O)N(CCC(=O)OC)Cc2ccccc2)cc1S(=O)(=O)N1CCOCC1. The number of morpholine rings is 1. The van der Waals surface area contributed by atoms with Crippen molar-refractivity contribution in [2.75, 3.05) is 40.0 Å². The van der Waals surface area contributed by atoms with Gasteiger partial charge in [-0.1, -0.05) is 43.3 Å². The molecule has 1 aliphatic rings. The summed E-state index contributed by atoms with van der Waals surface area (Å²) in [7, 11) is -2.46. The fourth-order valence-corrected chi connectivity index (χ4v) is 5.44. The van der Waals surface area contributed by atoms with Crippen LogP contribution >= 0.6 is 0 Å². The van der Waals surface area contributed by atoms with Crippen LogP contribution in [-0.2, 0) is 37.3 Å². The van der Waals surface area contributed by atoms with Crippen molar-refractivity contribution in [3.63, 3.8) is 0 Å². The smallest absolute Gasteiger partial charge is 0.307 e. The van der Waals surface area contributed by atoms with E-state index in [1.807, 2.05) is 37.3 Å². The molecule has 9 heteroatoms. The molecule has 3 rings (SSSR count). The standard InChI is InChI=1S/C24H30N2O6S/c1-3-20-9-10-21(17-22(20)33(29,30)26-13-15-32-16-14-26)24(28)25(12-11-23(27)31-2)18-19-7-5-4-6-8-19/h4-10,17H,3,11-16,18H2,1-2H3. The summed E-state index contributed by atoms with van der Waals surface area (Å²) in [6.07, 6.45) is 0.560. The van der Waals surface area contributed by atoms with Crippen LogP contribution in [0.15, 0.2) is 53.4 Å². The van der Waals surface area contributed by atoms with Crippen LogP contribution in [0.4, 0.5) is 0 Å². The molecule has 1 aliphatic heterocycles. The summed E-state index contributed by atoms with van der Waals surface area (Å²) < 4.78 is 38.1. The number of benzene rings is 2. The minimum absolute atomic E-state index is 0.0427. The monoisotopic (exact) mass is 474 g/mol. The summed E-state index contributed by atoms with van der Waals surface area (Å²) in [4.78, 5) is 26.9. The van der Waals surface area contributed by atoms with E-state index >= 15 is 0 Å². The molecular weight excluding hydrogens is 444 g/mol. The van der Waals surface area contributed by atoms with Crippen LogP contribution in [-0.4, -0.2) is 69.5 Å². The molecule has 2 aromatic rings. The molecule has 1 fully saturated rings. The number of ether oxygens (including phenoxy) is 2. The number of carbonyl (C=O) groups is 2. The maximum Gasteiger partial charge on any atom is 0.307 e. The van der Waals surface area contributed by atoms with Gasteiger partial charge in [0.2, 0.25) is 10.0 Å². The Morgan fingerprint density at radius 1 is 1.09 bits per heavy atom. The van der Waals surface area contributed by atoms with Crippen molar-refractivity contribution in [3.05, 3.63) is 65.2 Å².